The first-order valence-electron chi connectivity index (χ1n) is 10.2. The molecule has 4 aliphatic rings. The molecule has 1 aromatic rings. The number of sulfone groups is 1. The molecule has 0 aliphatic heterocycles. The van der Waals surface area contributed by atoms with Gasteiger partial charge in [0.2, 0.25) is 0 Å². The number of esters is 1. The maximum atomic E-state index is 13.3. The summed E-state index contributed by atoms with van der Waals surface area (Å²) in [4.78, 5) is 35.8. The second-order valence-electron chi connectivity index (χ2n) is 9.32. The first kappa shape index (κ1) is 21.0. The van der Waals surface area contributed by atoms with Gasteiger partial charge in [-0.05, 0) is 75.3 Å². The third-order valence-electron chi connectivity index (χ3n) is 7.00. The number of carbonyl (C=O) groups is 2. The van der Waals surface area contributed by atoms with Crippen LogP contribution < -0.4 is 0 Å². The highest BCUT2D eigenvalue weighted by Crippen LogP contribution is 2.60. The topological polar surface area (TPSA) is 121 Å². The van der Waals surface area contributed by atoms with Crippen molar-refractivity contribution in [3.05, 3.63) is 33.9 Å². The van der Waals surface area contributed by atoms with Crippen LogP contribution in [0.5, 0.6) is 0 Å². The lowest BCUT2D eigenvalue weighted by Gasteiger charge is -2.56. The van der Waals surface area contributed by atoms with Gasteiger partial charge in [0, 0.05) is 17.7 Å². The van der Waals surface area contributed by atoms with Crippen LogP contribution in [-0.4, -0.2) is 37.5 Å². The van der Waals surface area contributed by atoms with E-state index in [0.29, 0.717) is 17.8 Å². The molecule has 0 saturated heterocycles. The average Bonchev–Trinajstić information content (AvgIpc) is 2.65. The van der Waals surface area contributed by atoms with Crippen molar-refractivity contribution in [2.45, 2.75) is 56.4 Å². The molecule has 5 rings (SSSR count). The summed E-state index contributed by atoms with van der Waals surface area (Å²) in [5.74, 6) is 0.804. The molecule has 0 spiro atoms. The number of carbonyl (C=O) groups excluding carboxylic acids is 2. The van der Waals surface area contributed by atoms with Gasteiger partial charge in [0.1, 0.15) is 4.90 Å². The van der Waals surface area contributed by atoms with Gasteiger partial charge in [-0.3, -0.25) is 14.9 Å². The second-order valence-corrected chi connectivity index (χ2v) is 11.3. The van der Waals surface area contributed by atoms with Gasteiger partial charge in [-0.15, -0.1) is 0 Å². The molecule has 30 heavy (non-hydrogen) atoms. The molecule has 0 aromatic heterocycles. The fourth-order valence-corrected chi connectivity index (χ4v) is 7.05. The lowest BCUT2D eigenvalue weighted by molar-refractivity contribution is -0.387. The van der Waals surface area contributed by atoms with Crippen LogP contribution in [0, 0.1) is 33.3 Å². The highest BCUT2D eigenvalue weighted by atomic mass is 32.2. The third kappa shape index (κ3) is 3.64. The summed E-state index contributed by atoms with van der Waals surface area (Å²) < 4.78 is 28.9. The largest absolute Gasteiger partial charge is 0.451 e. The Kier molecular flexibility index (Phi) is 4.99. The SMILES string of the molecule is C[C@@H](OC(=O)c1ccc(S(C)(=O)=O)c([N+](=O)[O-])c1)C(=O)C12CC3CC(CC(C3)C1)C2. The summed E-state index contributed by atoms with van der Waals surface area (Å²) in [6, 6.07) is 3.09. The lowest BCUT2D eigenvalue weighted by Crippen LogP contribution is -2.52. The Hall–Kier alpha value is -2.29. The van der Waals surface area contributed by atoms with Crippen molar-refractivity contribution in [1.29, 1.82) is 0 Å². The molecule has 0 N–H and O–H groups in total. The molecular weight excluding hydrogens is 410 g/mol. The lowest BCUT2D eigenvalue weighted by atomic mass is 9.48. The number of ketones is 1. The van der Waals surface area contributed by atoms with E-state index in [4.69, 9.17) is 4.74 Å². The third-order valence-corrected chi connectivity index (χ3v) is 8.15. The Morgan fingerprint density at radius 2 is 1.67 bits per heavy atom. The van der Waals surface area contributed by atoms with Gasteiger partial charge in [0.05, 0.1) is 10.5 Å². The Labute approximate surface area is 175 Å². The van der Waals surface area contributed by atoms with Crippen molar-refractivity contribution in [2.24, 2.45) is 23.2 Å². The number of hydrogen-bond acceptors (Lipinski definition) is 7. The minimum atomic E-state index is -3.83. The van der Waals surface area contributed by atoms with Crippen LogP contribution in [0.3, 0.4) is 0 Å². The van der Waals surface area contributed by atoms with Crippen molar-refractivity contribution in [2.75, 3.05) is 6.26 Å². The van der Waals surface area contributed by atoms with E-state index in [9.17, 15) is 28.1 Å². The number of rotatable bonds is 6. The molecule has 4 saturated carbocycles. The second kappa shape index (κ2) is 7.14. The molecular formula is C21H25NO7S. The first-order valence-corrected chi connectivity index (χ1v) is 12.1. The van der Waals surface area contributed by atoms with Crippen LogP contribution in [0.2, 0.25) is 0 Å². The minimum absolute atomic E-state index is 0.0581. The average molecular weight is 435 g/mol. The predicted octanol–water partition coefficient (Wildman–Crippen LogP) is 3.33. The number of nitrogens with zero attached hydrogens (tertiary/aromatic N) is 1. The molecule has 162 valence electrons. The summed E-state index contributed by atoms with van der Waals surface area (Å²) >= 11 is 0. The van der Waals surface area contributed by atoms with Crippen LogP contribution in [0.25, 0.3) is 0 Å². The monoisotopic (exact) mass is 435 g/mol. The molecule has 1 atom stereocenters. The number of Topliss-reactive ketones (excluding diaryl/α,β-unsaturated/α-hetero) is 1. The van der Waals surface area contributed by atoms with Crippen molar-refractivity contribution in [3.63, 3.8) is 0 Å². The molecule has 1 aromatic carbocycles. The first-order chi connectivity index (χ1) is 14.0. The zero-order chi connectivity index (χ0) is 21.8. The van der Waals surface area contributed by atoms with Crippen LogP contribution in [-0.2, 0) is 19.4 Å². The number of hydrogen-bond donors (Lipinski definition) is 0. The molecule has 9 heteroatoms. The highest BCUT2D eigenvalue weighted by Gasteiger charge is 2.55. The summed E-state index contributed by atoms with van der Waals surface area (Å²) in [5, 5.41) is 11.3. The molecule has 4 aliphatic carbocycles. The zero-order valence-electron chi connectivity index (χ0n) is 17.0. The highest BCUT2D eigenvalue weighted by molar-refractivity contribution is 7.90. The van der Waals surface area contributed by atoms with Crippen molar-refractivity contribution in [1.82, 2.24) is 0 Å². The van der Waals surface area contributed by atoms with Crippen LogP contribution in [0.4, 0.5) is 5.69 Å². The van der Waals surface area contributed by atoms with Gasteiger partial charge in [-0.1, -0.05) is 0 Å². The van der Waals surface area contributed by atoms with Gasteiger partial charge in [0.15, 0.2) is 21.7 Å². The maximum absolute atomic E-state index is 13.3. The fraction of sp³-hybridized carbons (Fsp3) is 0.619. The standard InChI is InChI=1S/C21H25NO7S/c1-12(19(23)21-9-13-5-14(10-21)7-15(6-13)11-21)29-20(24)16-3-4-18(30(2,27)28)17(8-16)22(25)26/h3-4,8,12-15H,5-7,9-11H2,1-2H3/t12-,13?,14?,15?,21?/m1/s1. The van der Waals surface area contributed by atoms with Gasteiger partial charge in [-0.25, -0.2) is 13.2 Å². The summed E-state index contributed by atoms with van der Waals surface area (Å²) in [6.07, 6.45) is 6.05. The molecule has 8 nitrogen and oxygen atoms in total. The number of nitro benzene ring substituents is 1. The summed E-state index contributed by atoms with van der Waals surface area (Å²) in [6.45, 7) is 1.55. The number of nitro groups is 1. The quantitative estimate of drug-likeness (QED) is 0.382. The molecule has 0 radical (unpaired) electrons. The van der Waals surface area contributed by atoms with Crippen LogP contribution in [0.15, 0.2) is 23.1 Å². The van der Waals surface area contributed by atoms with E-state index in [1.54, 1.807) is 6.92 Å². The van der Waals surface area contributed by atoms with Crippen molar-refractivity contribution < 1.29 is 27.7 Å². The molecule has 0 unspecified atom stereocenters. The number of ether oxygens (including phenoxy) is 1. The zero-order valence-corrected chi connectivity index (χ0v) is 17.8. The molecule has 0 heterocycles. The van der Waals surface area contributed by atoms with Crippen LogP contribution in [0.1, 0.15) is 55.8 Å². The predicted molar refractivity (Wildman–Crippen MR) is 107 cm³/mol. The van der Waals surface area contributed by atoms with Crippen LogP contribution >= 0.6 is 0 Å². The van der Waals surface area contributed by atoms with Gasteiger partial charge in [0.25, 0.3) is 5.69 Å². The van der Waals surface area contributed by atoms with Gasteiger partial charge >= 0.3 is 5.97 Å². The normalized spacial score (nSPS) is 30.7. The molecule has 4 fully saturated rings. The fourth-order valence-electron chi connectivity index (χ4n) is 6.23. The van der Waals surface area contributed by atoms with Gasteiger partial charge in [-0.2, -0.15) is 0 Å². The van der Waals surface area contributed by atoms with E-state index in [-0.39, 0.29) is 11.3 Å². The summed E-state index contributed by atoms with van der Waals surface area (Å²) in [7, 11) is -3.83. The van der Waals surface area contributed by atoms with Crippen molar-refractivity contribution >= 4 is 27.3 Å². The van der Waals surface area contributed by atoms with E-state index in [0.717, 1.165) is 37.7 Å². The van der Waals surface area contributed by atoms with E-state index in [1.165, 1.54) is 25.3 Å². The number of benzene rings is 1. The maximum Gasteiger partial charge on any atom is 0.339 e. The van der Waals surface area contributed by atoms with E-state index < -0.39 is 42.8 Å². The van der Waals surface area contributed by atoms with Gasteiger partial charge < -0.3 is 4.74 Å². The molecule has 4 bridgehead atoms. The summed E-state index contributed by atoms with van der Waals surface area (Å²) in [5.41, 5.74) is -1.26. The Bertz CT molecular complexity index is 995. The molecule has 0 amide bonds. The smallest absolute Gasteiger partial charge is 0.339 e. The van der Waals surface area contributed by atoms with E-state index in [2.05, 4.69) is 0 Å². The Morgan fingerprint density at radius 1 is 1.13 bits per heavy atom. The Morgan fingerprint density at radius 3 is 2.13 bits per heavy atom. The van der Waals surface area contributed by atoms with Crippen molar-refractivity contribution in [3.8, 4) is 0 Å². The van der Waals surface area contributed by atoms with E-state index >= 15 is 0 Å². The Balaban J connectivity index is 1.52. The van der Waals surface area contributed by atoms with E-state index in [1.807, 2.05) is 0 Å². The minimum Gasteiger partial charge on any atom is -0.451 e.